The zero-order valence-corrected chi connectivity index (χ0v) is 14.6. The van der Waals surface area contributed by atoms with Crippen LogP contribution < -0.4 is 10.6 Å². The molecule has 2 aliphatic rings. The van der Waals surface area contributed by atoms with Crippen LogP contribution in [0.2, 0.25) is 0 Å². The molecule has 6 nitrogen and oxygen atoms in total. The Balaban J connectivity index is 1.48. The Bertz CT molecular complexity index is 575. The van der Waals surface area contributed by atoms with Crippen molar-refractivity contribution >= 4 is 6.03 Å². The van der Waals surface area contributed by atoms with Crippen LogP contribution in [-0.2, 0) is 10.3 Å². The molecule has 1 aliphatic heterocycles. The van der Waals surface area contributed by atoms with Crippen LogP contribution in [0.4, 0.5) is 4.79 Å². The molecule has 2 atom stereocenters. The van der Waals surface area contributed by atoms with E-state index in [0.29, 0.717) is 12.4 Å². The van der Waals surface area contributed by atoms with Gasteiger partial charge in [-0.1, -0.05) is 12.8 Å². The van der Waals surface area contributed by atoms with Crippen LogP contribution in [0.15, 0.2) is 16.5 Å². The van der Waals surface area contributed by atoms with Crippen molar-refractivity contribution in [2.45, 2.75) is 69.6 Å². The number of aryl methyl sites for hydroxylation is 1. The van der Waals surface area contributed by atoms with Gasteiger partial charge in [-0.25, -0.2) is 4.79 Å². The Morgan fingerprint density at radius 3 is 2.83 bits per heavy atom. The minimum atomic E-state index is -1.23. The third-order valence-electron chi connectivity index (χ3n) is 5.21. The number of rotatable bonds is 4. The van der Waals surface area contributed by atoms with E-state index in [1.807, 2.05) is 6.92 Å². The van der Waals surface area contributed by atoms with Gasteiger partial charge in [-0.2, -0.15) is 0 Å². The SMILES string of the molecule is Cc1ccc(C(C)(O)CNC(=O)NC2CCOC3(CCCC3)C2)o1. The molecule has 1 saturated heterocycles. The van der Waals surface area contributed by atoms with Crippen molar-refractivity contribution in [2.75, 3.05) is 13.2 Å². The topological polar surface area (TPSA) is 83.7 Å². The van der Waals surface area contributed by atoms with Crippen LogP contribution >= 0.6 is 0 Å². The molecule has 0 radical (unpaired) electrons. The van der Waals surface area contributed by atoms with Crippen LogP contribution in [-0.4, -0.2) is 35.9 Å². The van der Waals surface area contributed by atoms with Crippen LogP contribution in [0.1, 0.15) is 57.0 Å². The molecule has 1 saturated carbocycles. The molecule has 2 unspecified atom stereocenters. The Morgan fingerprint density at radius 2 is 2.17 bits per heavy atom. The summed E-state index contributed by atoms with van der Waals surface area (Å²) in [6.07, 6.45) is 6.34. The summed E-state index contributed by atoms with van der Waals surface area (Å²) in [6.45, 7) is 4.26. The van der Waals surface area contributed by atoms with Crippen LogP contribution in [0, 0.1) is 6.92 Å². The number of carbonyl (C=O) groups is 1. The zero-order chi connectivity index (χ0) is 17.2. The van der Waals surface area contributed by atoms with Gasteiger partial charge >= 0.3 is 6.03 Å². The fourth-order valence-corrected chi connectivity index (χ4v) is 3.82. The van der Waals surface area contributed by atoms with Crippen molar-refractivity contribution in [2.24, 2.45) is 0 Å². The first-order chi connectivity index (χ1) is 11.4. The smallest absolute Gasteiger partial charge is 0.315 e. The van der Waals surface area contributed by atoms with E-state index in [9.17, 15) is 9.90 Å². The zero-order valence-electron chi connectivity index (χ0n) is 14.6. The molecule has 1 aliphatic carbocycles. The van der Waals surface area contributed by atoms with Crippen LogP contribution in [0.25, 0.3) is 0 Å². The van der Waals surface area contributed by atoms with Gasteiger partial charge in [-0.15, -0.1) is 0 Å². The summed E-state index contributed by atoms with van der Waals surface area (Å²) >= 11 is 0. The van der Waals surface area contributed by atoms with Gasteiger partial charge in [0.1, 0.15) is 17.1 Å². The first-order valence-corrected chi connectivity index (χ1v) is 8.86. The minimum Gasteiger partial charge on any atom is -0.463 e. The maximum absolute atomic E-state index is 12.2. The van der Waals surface area contributed by atoms with E-state index in [2.05, 4.69) is 10.6 Å². The lowest BCUT2D eigenvalue weighted by Crippen LogP contribution is -2.51. The number of ether oxygens (including phenoxy) is 1. The molecule has 2 heterocycles. The van der Waals surface area contributed by atoms with Crippen LogP contribution in [0.3, 0.4) is 0 Å². The lowest BCUT2D eigenvalue weighted by molar-refractivity contribution is -0.0820. The van der Waals surface area contributed by atoms with Gasteiger partial charge in [0.15, 0.2) is 0 Å². The molecule has 0 aromatic carbocycles. The molecule has 1 aromatic rings. The predicted molar refractivity (Wildman–Crippen MR) is 89.7 cm³/mol. The Labute approximate surface area is 142 Å². The highest BCUT2D eigenvalue weighted by molar-refractivity contribution is 5.74. The summed E-state index contributed by atoms with van der Waals surface area (Å²) in [5.74, 6) is 1.19. The van der Waals surface area contributed by atoms with E-state index in [1.54, 1.807) is 19.1 Å². The molecule has 24 heavy (non-hydrogen) atoms. The minimum absolute atomic E-state index is 0.0205. The highest BCUT2D eigenvalue weighted by Gasteiger charge is 2.40. The number of urea groups is 1. The van der Waals surface area contributed by atoms with E-state index in [0.717, 1.165) is 31.4 Å². The van der Waals surface area contributed by atoms with E-state index in [1.165, 1.54) is 12.8 Å². The lowest BCUT2D eigenvalue weighted by atomic mass is 9.89. The molecule has 0 bridgehead atoms. The normalized spacial score (nSPS) is 25.4. The quantitative estimate of drug-likeness (QED) is 0.789. The van der Waals surface area contributed by atoms with Crippen molar-refractivity contribution in [3.05, 3.63) is 23.7 Å². The van der Waals surface area contributed by atoms with Crippen molar-refractivity contribution in [3.8, 4) is 0 Å². The van der Waals surface area contributed by atoms with Gasteiger partial charge in [0.25, 0.3) is 0 Å². The summed E-state index contributed by atoms with van der Waals surface area (Å²) < 4.78 is 11.4. The number of furan rings is 1. The highest BCUT2D eigenvalue weighted by Crippen LogP contribution is 2.39. The van der Waals surface area contributed by atoms with Gasteiger partial charge < -0.3 is 24.9 Å². The molecule has 134 valence electrons. The fraction of sp³-hybridized carbons (Fsp3) is 0.722. The standard InChI is InChI=1S/C18H28N2O4/c1-13-5-6-15(24-13)17(2,22)12-19-16(21)20-14-7-10-23-18(11-14)8-3-4-9-18/h5-6,14,22H,3-4,7-12H2,1-2H3,(H2,19,20,21). The summed E-state index contributed by atoms with van der Waals surface area (Å²) in [5.41, 5.74) is -1.25. The monoisotopic (exact) mass is 336 g/mol. The molecule has 3 rings (SSSR count). The van der Waals surface area contributed by atoms with Crippen molar-refractivity contribution in [1.82, 2.24) is 10.6 Å². The number of amides is 2. The molecule has 6 heteroatoms. The van der Waals surface area contributed by atoms with E-state index >= 15 is 0 Å². The van der Waals surface area contributed by atoms with E-state index < -0.39 is 5.60 Å². The largest absolute Gasteiger partial charge is 0.463 e. The highest BCUT2D eigenvalue weighted by atomic mass is 16.5. The molecule has 2 fully saturated rings. The Hall–Kier alpha value is -1.53. The number of nitrogens with one attached hydrogen (secondary N) is 2. The second-order valence-electron chi connectivity index (χ2n) is 7.44. The fourth-order valence-electron chi connectivity index (χ4n) is 3.82. The third kappa shape index (κ3) is 3.92. The number of carbonyl (C=O) groups excluding carboxylic acids is 1. The average Bonchev–Trinajstić information content (AvgIpc) is 3.15. The summed E-state index contributed by atoms with van der Waals surface area (Å²) in [7, 11) is 0. The summed E-state index contributed by atoms with van der Waals surface area (Å²) in [4.78, 5) is 12.2. The number of hydrogen-bond donors (Lipinski definition) is 3. The summed E-state index contributed by atoms with van der Waals surface area (Å²) in [5, 5.41) is 16.2. The average molecular weight is 336 g/mol. The first-order valence-electron chi connectivity index (χ1n) is 8.86. The van der Waals surface area contributed by atoms with E-state index in [-0.39, 0.29) is 24.2 Å². The van der Waals surface area contributed by atoms with E-state index in [4.69, 9.17) is 9.15 Å². The van der Waals surface area contributed by atoms with Gasteiger partial charge in [0.05, 0.1) is 12.1 Å². The maximum Gasteiger partial charge on any atom is 0.315 e. The molecule has 2 amide bonds. The van der Waals surface area contributed by atoms with Crippen molar-refractivity contribution < 1.29 is 19.1 Å². The van der Waals surface area contributed by atoms with Crippen LogP contribution in [0.5, 0.6) is 0 Å². The van der Waals surface area contributed by atoms with Crippen molar-refractivity contribution in [3.63, 3.8) is 0 Å². The van der Waals surface area contributed by atoms with Crippen molar-refractivity contribution in [1.29, 1.82) is 0 Å². The predicted octanol–water partition coefficient (Wildman–Crippen LogP) is 2.59. The molecular weight excluding hydrogens is 308 g/mol. The number of hydrogen-bond acceptors (Lipinski definition) is 4. The number of aliphatic hydroxyl groups is 1. The molecule has 1 spiro atoms. The second-order valence-corrected chi connectivity index (χ2v) is 7.44. The Kier molecular flexibility index (Phi) is 4.88. The van der Waals surface area contributed by atoms with Gasteiger partial charge in [0.2, 0.25) is 0 Å². The van der Waals surface area contributed by atoms with Gasteiger partial charge in [-0.05, 0) is 51.7 Å². The maximum atomic E-state index is 12.2. The molecule has 1 aromatic heterocycles. The first kappa shape index (κ1) is 17.3. The molecular formula is C18H28N2O4. The summed E-state index contributed by atoms with van der Waals surface area (Å²) in [6, 6.07) is 3.41. The third-order valence-corrected chi connectivity index (χ3v) is 5.21. The van der Waals surface area contributed by atoms with Gasteiger partial charge in [0, 0.05) is 12.6 Å². The Morgan fingerprint density at radius 1 is 1.42 bits per heavy atom. The second kappa shape index (κ2) is 6.76. The van der Waals surface area contributed by atoms with Gasteiger partial charge in [-0.3, -0.25) is 0 Å². The lowest BCUT2D eigenvalue weighted by Gasteiger charge is -2.38. The molecule has 3 N–H and O–H groups in total.